The Labute approximate surface area is 112 Å². The molecule has 100 valence electrons. The molecule has 1 N–H and O–H groups in total. The first kappa shape index (κ1) is 13.3. The zero-order valence-corrected chi connectivity index (χ0v) is 11.4. The predicted octanol–water partition coefficient (Wildman–Crippen LogP) is 1.92. The van der Waals surface area contributed by atoms with Gasteiger partial charge in [-0.3, -0.25) is 9.78 Å². The molecule has 0 atom stereocenters. The zero-order valence-electron chi connectivity index (χ0n) is 11.4. The summed E-state index contributed by atoms with van der Waals surface area (Å²) in [6.07, 6.45) is 3.40. The lowest BCUT2D eigenvalue weighted by molar-refractivity contribution is 0.629. The second kappa shape index (κ2) is 5.65. The van der Waals surface area contributed by atoms with Crippen molar-refractivity contribution in [3.63, 3.8) is 0 Å². The second-order valence-corrected chi connectivity index (χ2v) is 4.97. The number of aromatic amines is 1. The molecule has 0 bridgehead atoms. The number of hydrogen-bond acceptors (Lipinski definition) is 4. The molecular formula is C14H18N4O. The van der Waals surface area contributed by atoms with Gasteiger partial charge < -0.3 is 9.88 Å². The van der Waals surface area contributed by atoms with Crippen molar-refractivity contribution in [3.8, 4) is 11.3 Å². The van der Waals surface area contributed by atoms with Gasteiger partial charge in [0.2, 0.25) is 5.95 Å². The number of nitrogens with zero attached hydrogens (tertiary/aromatic N) is 3. The summed E-state index contributed by atoms with van der Waals surface area (Å²) in [5.41, 5.74) is 1.44. The maximum atomic E-state index is 11.7. The standard InChI is InChI=1S/C14H18N4O/c1-10(2)9-18(3)14-16-12(8-13(19)17-14)11-4-6-15-7-5-11/h4-8,10H,9H2,1-3H3,(H,16,17,19). The van der Waals surface area contributed by atoms with Crippen molar-refractivity contribution < 1.29 is 0 Å². The van der Waals surface area contributed by atoms with E-state index in [2.05, 4.69) is 28.8 Å². The molecule has 5 heteroatoms. The molecule has 0 fully saturated rings. The lowest BCUT2D eigenvalue weighted by atomic mass is 10.2. The third-order valence-corrected chi connectivity index (χ3v) is 2.72. The van der Waals surface area contributed by atoms with E-state index in [-0.39, 0.29) is 5.56 Å². The molecule has 2 aromatic rings. The van der Waals surface area contributed by atoms with Gasteiger partial charge in [-0.05, 0) is 18.1 Å². The molecule has 0 saturated carbocycles. The maximum Gasteiger partial charge on any atom is 0.275 e. The Hall–Kier alpha value is -2.17. The molecule has 0 aliphatic heterocycles. The fraction of sp³-hybridized carbons (Fsp3) is 0.357. The fourth-order valence-electron chi connectivity index (χ4n) is 1.95. The van der Waals surface area contributed by atoms with Crippen LogP contribution in [0.1, 0.15) is 13.8 Å². The Kier molecular flexibility index (Phi) is 3.94. The SMILES string of the molecule is CC(C)CN(C)c1nc(=O)cc(-c2ccncc2)[nH]1. The van der Waals surface area contributed by atoms with Crippen LogP contribution in [0.25, 0.3) is 11.3 Å². The predicted molar refractivity (Wildman–Crippen MR) is 76.2 cm³/mol. The summed E-state index contributed by atoms with van der Waals surface area (Å²) in [4.78, 5) is 24.8. The smallest absolute Gasteiger partial charge is 0.275 e. The number of nitrogens with one attached hydrogen (secondary N) is 1. The van der Waals surface area contributed by atoms with Crippen LogP contribution >= 0.6 is 0 Å². The van der Waals surface area contributed by atoms with Crippen molar-refractivity contribution >= 4 is 5.95 Å². The van der Waals surface area contributed by atoms with Gasteiger partial charge in [0.15, 0.2) is 0 Å². The number of rotatable bonds is 4. The normalized spacial score (nSPS) is 10.7. The van der Waals surface area contributed by atoms with Crippen molar-refractivity contribution in [2.24, 2.45) is 5.92 Å². The van der Waals surface area contributed by atoms with Gasteiger partial charge in [-0.2, -0.15) is 4.98 Å². The quantitative estimate of drug-likeness (QED) is 0.910. The van der Waals surface area contributed by atoms with E-state index < -0.39 is 0 Å². The van der Waals surface area contributed by atoms with Gasteiger partial charge >= 0.3 is 0 Å². The maximum absolute atomic E-state index is 11.7. The van der Waals surface area contributed by atoms with E-state index in [4.69, 9.17) is 0 Å². The molecule has 2 rings (SSSR count). The van der Waals surface area contributed by atoms with E-state index in [1.165, 1.54) is 6.07 Å². The van der Waals surface area contributed by atoms with Gasteiger partial charge in [-0.25, -0.2) is 0 Å². The second-order valence-electron chi connectivity index (χ2n) is 4.97. The van der Waals surface area contributed by atoms with Gasteiger partial charge in [0.1, 0.15) is 0 Å². The van der Waals surface area contributed by atoms with E-state index >= 15 is 0 Å². The summed E-state index contributed by atoms with van der Waals surface area (Å²) in [7, 11) is 1.93. The molecule has 0 aliphatic rings. The van der Waals surface area contributed by atoms with Gasteiger partial charge in [0.25, 0.3) is 5.56 Å². The third-order valence-electron chi connectivity index (χ3n) is 2.72. The van der Waals surface area contributed by atoms with Crippen LogP contribution in [0.2, 0.25) is 0 Å². The first-order chi connectivity index (χ1) is 9.06. The largest absolute Gasteiger partial charge is 0.345 e. The first-order valence-corrected chi connectivity index (χ1v) is 6.29. The molecular weight excluding hydrogens is 240 g/mol. The first-order valence-electron chi connectivity index (χ1n) is 6.29. The van der Waals surface area contributed by atoms with Crippen molar-refractivity contribution in [2.45, 2.75) is 13.8 Å². The molecule has 5 nitrogen and oxygen atoms in total. The third kappa shape index (κ3) is 3.40. The highest BCUT2D eigenvalue weighted by molar-refractivity contribution is 5.59. The minimum absolute atomic E-state index is 0.240. The zero-order chi connectivity index (χ0) is 13.8. The van der Waals surface area contributed by atoms with E-state index in [9.17, 15) is 4.79 Å². The number of anilines is 1. The Balaban J connectivity index is 2.38. The molecule has 0 aliphatic carbocycles. The van der Waals surface area contributed by atoms with Gasteiger partial charge in [-0.15, -0.1) is 0 Å². The number of H-pyrrole nitrogens is 1. The lowest BCUT2D eigenvalue weighted by Crippen LogP contribution is -2.26. The highest BCUT2D eigenvalue weighted by atomic mass is 16.1. The molecule has 2 aromatic heterocycles. The van der Waals surface area contributed by atoms with Gasteiger partial charge in [0.05, 0.1) is 5.69 Å². The molecule has 0 amide bonds. The summed E-state index contributed by atoms with van der Waals surface area (Å²) < 4.78 is 0. The molecule has 19 heavy (non-hydrogen) atoms. The summed E-state index contributed by atoms with van der Waals surface area (Å²) in [6, 6.07) is 5.22. The van der Waals surface area contributed by atoms with Crippen LogP contribution in [0.4, 0.5) is 5.95 Å². The molecule has 0 unspecified atom stereocenters. The van der Waals surface area contributed by atoms with E-state index in [1.54, 1.807) is 12.4 Å². The topological polar surface area (TPSA) is 61.9 Å². The lowest BCUT2D eigenvalue weighted by Gasteiger charge is -2.20. The van der Waals surface area contributed by atoms with Crippen molar-refractivity contribution in [1.29, 1.82) is 0 Å². The molecule has 0 spiro atoms. The molecule has 0 aromatic carbocycles. The Morgan fingerprint density at radius 2 is 2.00 bits per heavy atom. The average Bonchev–Trinajstić information content (AvgIpc) is 2.38. The van der Waals surface area contributed by atoms with E-state index in [1.807, 2.05) is 24.1 Å². The minimum atomic E-state index is -0.240. The summed E-state index contributed by atoms with van der Waals surface area (Å²) >= 11 is 0. The summed E-state index contributed by atoms with van der Waals surface area (Å²) in [6.45, 7) is 5.09. The average molecular weight is 258 g/mol. The Morgan fingerprint density at radius 1 is 1.32 bits per heavy atom. The van der Waals surface area contributed by atoms with Crippen LogP contribution in [-0.2, 0) is 0 Å². The van der Waals surface area contributed by atoms with Crippen LogP contribution < -0.4 is 10.5 Å². The van der Waals surface area contributed by atoms with Crippen LogP contribution in [0, 0.1) is 5.92 Å². The molecule has 0 saturated heterocycles. The van der Waals surface area contributed by atoms with Crippen molar-refractivity contribution in [3.05, 3.63) is 40.9 Å². The van der Waals surface area contributed by atoms with Crippen LogP contribution in [0.15, 0.2) is 35.4 Å². The van der Waals surface area contributed by atoms with Crippen LogP contribution in [0.5, 0.6) is 0 Å². The fourth-order valence-corrected chi connectivity index (χ4v) is 1.95. The van der Waals surface area contributed by atoms with Gasteiger partial charge in [0, 0.05) is 37.6 Å². The monoisotopic (exact) mass is 258 g/mol. The van der Waals surface area contributed by atoms with E-state index in [0.29, 0.717) is 11.9 Å². The molecule has 0 radical (unpaired) electrons. The highest BCUT2D eigenvalue weighted by Gasteiger charge is 2.08. The molecule has 2 heterocycles. The van der Waals surface area contributed by atoms with Crippen LogP contribution in [0.3, 0.4) is 0 Å². The Bertz CT molecular complexity index is 592. The number of aromatic nitrogens is 3. The minimum Gasteiger partial charge on any atom is -0.345 e. The van der Waals surface area contributed by atoms with Crippen molar-refractivity contribution in [2.75, 3.05) is 18.5 Å². The highest BCUT2D eigenvalue weighted by Crippen LogP contribution is 2.16. The van der Waals surface area contributed by atoms with Gasteiger partial charge in [-0.1, -0.05) is 13.8 Å². The summed E-state index contributed by atoms with van der Waals surface area (Å²) in [5, 5.41) is 0. The summed E-state index contributed by atoms with van der Waals surface area (Å²) in [5.74, 6) is 1.09. The van der Waals surface area contributed by atoms with E-state index in [0.717, 1.165) is 17.8 Å². The Morgan fingerprint density at radius 3 is 2.63 bits per heavy atom. The number of pyridine rings is 1. The van der Waals surface area contributed by atoms with Crippen LogP contribution in [-0.4, -0.2) is 28.5 Å². The number of hydrogen-bond donors (Lipinski definition) is 1. The van der Waals surface area contributed by atoms with Crippen molar-refractivity contribution in [1.82, 2.24) is 15.0 Å².